The highest BCUT2D eigenvalue weighted by atomic mass is 16.5. The van der Waals surface area contributed by atoms with Gasteiger partial charge in [0.05, 0.1) is 12.4 Å². The number of hydrogen-bond donors (Lipinski definition) is 0. The molecule has 1 fully saturated rings. The van der Waals surface area contributed by atoms with Gasteiger partial charge in [0.2, 0.25) is 0 Å². The molecule has 0 saturated carbocycles. The van der Waals surface area contributed by atoms with Crippen molar-refractivity contribution in [2.75, 3.05) is 0 Å². The molecule has 0 aliphatic carbocycles. The monoisotopic (exact) mass is 166 g/mol. The van der Waals surface area contributed by atoms with E-state index in [4.69, 9.17) is 9.15 Å². The molecule has 1 aromatic heterocycles. The minimum Gasteiger partial charge on any atom is -0.466 e. The van der Waals surface area contributed by atoms with Crippen LogP contribution in [0.1, 0.15) is 32.4 Å². The van der Waals surface area contributed by atoms with Gasteiger partial charge in [-0.25, -0.2) is 0 Å². The van der Waals surface area contributed by atoms with E-state index < -0.39 is 0 Å². The predicted molar refractivity (Wildman–Crippen MR) is 45.8 cm³/mol. The minimum atomic E-state index is -0.178. The first-order chi connectivity index (χ1) is 5.71. The molecule has 2 rings (SSSR count). The summed E-state index contributed by atoms with van der Waals surface area (Å²) in [6.07, 6.45) is 4.24. The van der Waals surface area contributed by atoms with Crippen molar-refractivity contribution in [3.63, 3.8) is 0 Å². The molecule has 12 heavy (non-hydrogen) atoms. The smallest absolute Gasteiger partial charge is 0.135 e. The average molecular weight is 166 g/mol. The lowest BCUT2D eigenvalue weighted by Crippen LogP contribution is -2.20. The van der Waals surface area contributed by atoms with E-state index in [-0.39, 0.29) is 5.60 Å². The van der Waals surface area contributed by atoms with E-state index in [1.165, 1.54) is 0 Å². The molecule has 0 radical (unpaired) electrons. The molecule has 1 aromatic rings. The largest absolute Gasteiger partial charge is 0.466 e. The quantitative estimate of drug-likeness (QED) is 0.640. The van der Waals surface area contributed by atoms with E-state index in [2.05, 4.69) is 13.8 Å². The van der Waals surface area contributed by atoms with E-state index in [1.807, 2.05) is 12.1 Å². The number of rotatable bonds is 1. The average Bonchev–Trinajstić information content (AvgIpc) is 2.59. The molecule has 66 valence electrons. The van der Waals surface area contributed by atoms with Gasteiger partial charge in [0.15, 0.2) is 0 Å². The Bertz CT molecular complexity index is 253. The lowest BCUT2D eigenvalue weighted by molar-refractivity contribution is -0.0385. The van der Waals surface area contributed by atoms with Crippen LogP contribution >= 0.6 is 0 Å². The standard InChI is InChI=1S/C10H14O2/c1-8-5-6-10(2,12-8)9-4-3-7-11-9/h3-4,7-8H,5-6H2,1-2H3. The fraction of sp³-hybridized carbons (Fsp3) is 0.600. The topological polar surface area (TPSA) is 22.4 Å². The Morgan fingerprint density at radius 3 is 2.92 bits per heavy atom. The maximum absolute atomic E-state index is 5.80. The van der Waals surface area contributed by atoms with Crippen LogP contribution < -0.4 is 0 Å². The molecule has 2 heteroatoms. The summed E-state index contributed by atoms with van der Waals surface area (Å²) in [7, 11) is 0. The second-order valence-electron chi connectivity index (χ2n) is 3.68. The zero-order valence-electron chi connectivity index (χ0n) is 7.54. The van der Waals surface area contributed by atoms with Gasteiger partial charge in [-0.2, -0.15) is 0 Å². The van der Waals surface area contributed by atoms with Crippen molar-refractivity contribution in [3.8, 4) is 0 Å². The first-order valence-corrected chi connectivity index (χ1v) is 4.42. The van der Waals surface area contributed by atoms with Crippen molar-refractivity contribution in [1.82, 2.24) is 0 Å². The van der Waals surface area contributed by atoms with Crippen LogP contribution in [0.5, 0.6) is 0 Å². The highest BCUT2D eigenvalue weighted by Gasteiger charge is 2.37. The molecule has 1 aliphatic heterocycles. The molecular weight excluding hydrogens is 152 g/mol. The maximum atomic E-state index is 5.80. The summed E-state index contributed by atoms with van der Waals surface area (Å²) < 4.78 is 11.1. The third kappa shape index (κ3) is 1.16. The van der Waals surface area contributed by atoms with Crippen LogP contribution in [0.15, 0.2) is 22.8 Å². The van der Waals surface area contributed by atoms with Crippen molar-refractivity contribution in [1.29, 1.82) is 0 Å². The minimum absolute atomic E-state index is 0.178. The summed E-state index contributed by atoms with van der Waals surface area (Å²) in [4.78, 5) is 0. The summed E-state index contributed by atoms with van der Waals surface area (Å²) in [5, 5.41) is 0. The Labute approximate surface area is 72.5 Å². The SMILES string of the molecule is CC1CCC(C)(c2ccco2)O1. The van der Waals surface area contributed by atoms with Gasteiger partial charge in [0.1, 0.15) is 11.4 Å². The number of hydrogen-bond acceptors (Lipinski definition) is 2. The zero-order valence-corrected chi connectivity index (χ0v) is 7.54. The Morgan fingerprint density at radius 1 is 1.58 bits per heavy atom. The number of ether oxygens (including phenoxy) is 1. The Kier molecular flexibility index (Phi) is 1.72. The van der Waals surface area contributed by atoms with E-state index in [1.54, 1.807) is 6.26 Å². The van der Waals surface area contributed by atoms with Crippen LogP contribution in [0.25, 0.3) is 0 Å². The highest BCUT2D eigenvalue weighted by molar-refractivity contribution is 5.10. The van der Waals surface area contributed by atoms with Gasteiger partial charge in [0.25, 0.3) is 0 Å². The molecule has 1 saturated heterocycles. The summed E-state index contributed by atoms with van der Waals surface area (Å²) in [5.74, 6) is 0.951. The van der Waals surface area contributed by atoms with E-state index in [0.29, 0.717) is 6.10 Å². The Hall–Kier alpha value is -0.760. The van der Waals surface area contributed by atoms with Crippen LogP contribution in [0.3, 0.4) is 0 Å². The summed E-state index contributed by atoms with van der Waals surface area (Å²) in [6.45, 7) is 4.20. The molecule has 1 aliphatic rings. The van der Waals surface area contributed by atoms with Crippen LogP contribution in [0.2, 0.25) is 0 Å². The van der Waals surface area contributed by atoms with Crippen LogP contribution in [0, 0.1) is 0 Å². The second-order valence-corrected chi connectivity index (χ2v) is 3.68. The lowest BCUT2D eigenvalue weighted by Gasteiger charge is -2.21. The molecule has 0 spiro atoms. The van der Waals surface area contributed by atoms with Crippen LogP contribution in [0.4, 0.5) is 0 Å². The van der Waals surface area contributed by atoms with Crippen LogP contribution in [-0.2, 0) is 10.3 Å². The molecule has 0 bridgehead atoms. The molecule has 0 amide bonds. The van der Waals surface area contributed by atoms with Gasteiger partial charge >= 0.3 is 0 Å². The summed E-state index contributed by atoms with van der Waals surface area (Å²) in [6, 6.07) is 3.89. The molecule has 2 unspecified atom stereocenters. The lowest BCUT2D eigenvalue weighted by atomic mass is 9.99. The van der Waals surface area contributed by atoms with Gasteiger partial charge in [-0.05, 0) is 38.8 Å². The highest BCUT2D eigenvalue weighted by Crippen LogP contribution is 2.38. The van der Waals surface area contributed by atoms with Gasteiger partial charge < -0.3 is 9.15 Å². The van der Waals surface area contributed by atoms with Gasteiger partial charge in [-0.3, -0.25) is 0 Å². The molecule has 2 atom stereocenters. The number of furan rings is 1. The fourth-order valence-corrected chi connectivity index (χ4v) is 1.80. The molecule has 0 N–H and O–H groups in total. The van der Waals surface area contributed by atoms with Crippen molar-refractivity contribution < 1.29 is 9.15 Å². The van der Waals surface area contributed by atoms with E-state index >= 15 is 0 Å². The molecular formula is C10H14O2. The normalized spacial score (nSPS) is 35.7. The first kappa shape index (κ1) is 7.87. The van der Waals surface area contributed by atoms with Gasteiger partial charge in [0, 0.05) is 0 Å². The second kappa shape index (κ2) is 2.63. The van der Waals surface area contributed by atoms with Crippen molar-refractivity contribution in [2.24, 2.45) is 0 Å². The van der Waals surface area contributed by atoms with Gasteiger partial charge in [-0.1, -0.05) is 0 Å². The molecule has 2 nitrogen and oxygen atoms in total. The van der Waals surface area contributed by atoms with Crippen molar-refractivity contribution in [2.45, 2.75) is 38.4 Å². The predicted octanol–water partition coefficient (Wildman–Crippen LogP) is 2.69. The van der Waals surface area contributed by atoms with Gasteiger partial charge in [-0.15, -0.1) is 0 Å². The van der Waals surface area contributed by atoms with Crippen molar-refractivity contribution >= 4 is 0 Å². The third-order valence-electron chi connectivity index (χ3n) is 2.53. The Balaban J connectivity index is 2.23. The summed E-state index contributed by atoms with van der Waals surface area (Å²) >= 11 is 0. The molecule has 0 aromatic carbocycles. The van der Waals surface area contributed by atoms with E-state index in [9.17, 15) is 0 Å². The van der Waals surface area contributed by atoms with Crippen molar-refractivity contribution in [3.05, 3.63) is 24.2 Å². The first-order valence-electron chi connectivity index (χ1n) is 4.42. The maximum Gasteiger partial charge on any atom is 0.135 e. The third-order valence-corrected chi connectivity index (χ3v) is 2.53. The Morgan fingerprint density at radius 2 is 2.42 bits per heavy atom. The van der Waals surface area contributed by atoms with E-state index in [0.717, 1.165) is 18.6 Å². The van der Waals surface area contributed by atoms with Crippen LogP contribution in [-0.4, -0.2) is 6.10 Å². The zero-order chi connectivity index (χ0) is 8.60. The fourth-order valence-electron chi connectivity index (χ4n) is 1.80. The molecule has 2 heterocycles. The summed E-state index contributed by atoms with van der Waals surface area (Å²) in [5.41, 5.74) is -0.178.